The van der Waals surface area contributed by atoms with E-state index in [-0.39, 0.29) is 18.9 Å². The highest BCUT2D eigenvalue weighted by Crippen LogP contribution is 2.44. The molecule has 0 heterocycles. The molecule has 4 rings (SSSR count). The highest BCUT2D eigenvalue weighted by molar-refractivity contribution is 5.96. The van der Waals surface area contributed by atoms with E-state index >= 15 is 0 Å². The van der Waals surface area contributed by atoms with E-state index in [1.54, 1.807) is 31.2 Å². The van der Waals surface area contributed by atoms with Crippen molar-refractivity contribution in [1.82, 2.24) is 5.32 Å². The monoisotopic (exact) mass is 444 g/mol. The third-order valence-electron chi connectivity index (χ3n) is 5.65. The Morgan fingerprint density at radius 1 is 0.909 bits per heavy atom. The molecule has 3 aromatic carbocycles. The lowest BCUT2D eigenvalue weighted by molar-refractivity contribution is -0.136. The van der Waals surface area contributed by atoms with Crippen molar-refractivity contribution in [2.45, 2.75) is 25.3 Å². The first-order valence-corrected chi connectivity index (χ1v) is 10.7. The maximum absolute atomic E-state index is 12.4. The number of hydrogen-bond acceptors (Lipinski definition) is 4. The summed E-state index contributed by atoms with van der Waals surface area (Å²) in [5, 5.41) is 14.1. The molecular weight excluding hydrogens is 420 g/mol. The second-order valence-corrected chi connectivity index (χ2v) is 7.95. The first-order valence-electron chi connectivity index (χ1n) is 10.7. The van der Waals surface area contributed by atoms with Crippen LogP contribution in [0.25, 0.3) is 11.1 Å². The number of carbonyl (C=O) groups is 3. The maximum Gasteiger partial charge on any atom is 0.407 e. The number of carboxylic acids is 1. The molecule has 2 amide bonds. The van der Waals surface area contributed by atoms with E-state index in [9.17, 15) is 14.4 Å². The zero-order valence-electron chi connectivity index (χ0n) is 18.1. The number of hydrogen-bond donors (Lipinski definition) is 3. The van der Waals surface area contributed by atoms with Crippen LogP contribution in [0.5, 0.6) is 0 Å². The minimum Gasteiger partial charge on any atom is -0.481 e. The van der Waals surface area contributed by atoms with Crippen molar-refractivity contribution in [3.63, 3.8) is 0 Å². The predicted molar refractivity (Wildman–Crippen MR) is 124 cm³/mol. The summed E-state index contributed by atoms with van der Waals surface area (Å²) >= 11 is 0. The van der Waals surface area contributed by atoms with Gasteiger partial charge in [-0.05, 0) is 46.9 Å². The summed E-state index contributed by atoms with van der Waals surface area (Å²) in [6.45, 7) is 1.73. The molecule has 0 saturated carbocycles. The number of anilines is 1. The number of benzene rings is 3. The molecule has 3 N–H and O–H groups in total. The lowest BCUT2D eigenvalue weighted by Crippen LogP contribution is -2.42. The van der Waals surface area contributed by atoms with E-state index in [1.165, 1.54) is 0 Å². The van der Waals surface area contributed by atoms with E-state index in [1.807, 2.05) is 36.4 Å². The number of nitrogens with one attached hydrogen (secondary N) is 2. The van der Waals surface area contributed by atoms with Crippen LogP contribution < -0.4 is 10.6 Å². The lowest BCUT2D eigenvalue weighted by atomic mass is 9.98. The number of amides is 2. The molecule has 0 spiro atoms. The van der Waals surface area contributed by atoms with Crippen LogP contribution >= 0.6 is 0 Å². The Kier molecular flexibility index (Phi) is 6.40. The fourth-order valence-corrected chi connectivity index (χ4v) is 4.01. The molecule has 0 fully saturated rings. The summed E-state index contributed by atoms with van der Waals surface area (Å²) in [5.41, 5.74) is 5.65. The molecule has 0 bridgehead atoms. The van der Waals surface area contributed by atoms with Gasteiger partial charge in [-0.2, -0.15) is 0 Å². The number of ether oxygens (including phenoxy) is 1. The molecule has 0 saturated heterocycles. The van der Waals surface area contributed by atoms with Crippen molar-refractivity contribution < 1.29 is 24.2 Å². The number of aliphatic carboxylic acids is 1. The standard InChI is InChI=1S/C26H24N2O5/c1-16(25(31)28-18-12-10-17(11-13-18)14-24(29)30)27-26(32)33-15-23-21-8-4-2-6-19(21)20-7-3-5-9-22(20)23/h2-13,16,23H,14-15H2,1H3,(H,27,32)(H,28,31)(H,29,30)/t16-/m1/s1. The number of carboxylic acid groups (broad SMARTS) is 1. The minimum atomic E-state index is -0.923. The fraction of sp³-hybridized carbons (Fsp3) is 0.192. The van der Waals surface area contributed by atoms with Gasteiger partial charge in [0.25, 0.3) is 0 Å². The van der Waals surface area contributed by atoms with Crippen molar-refractivity contribution >= 4 is 23.7 Å². The van der Waals surface area contributed by atoms with Gasteiger partial charge in [0.1, 0.15) is 12.6 Å². The van der Waals surface area contributed by atoms with Gasteiger partial charge < -0.3 is 20.5 Å². The third-order valence-corrected chi connectivity index (χ3v) is 5.65. The quantitative estimate of drug-likeness (QED) is 0.507. The third kappa shape index (κ3) is 5.03. The summed E-state index contributed by atoms with van der Waals surface area (Å²) in [6.07, 6.45) is -0.759. The van der Waals surface area contributed by atoms with E-state index in [0.717, 1.165) is 22.3 Å². The topological polar surface area (TPSA) is 105 Å². The average molecular weight is 444 g/mol. The van der Waals surface area contributed by atoms with Crippen LogP contribution in [0.3, 0.4) is 0 Å². The summed E-state index contributed by atoms with van der Waals surface area (Å²) in [7, 11) is 0. The van der Waals surface area contributed by atoms with E-state index in [2.05, 4.69) is 22.8 Å². The normalized spacial score (nSPS) is 12.9. The van der Waals surface area contributed by atoms with E-state index in [0.29, 0.717) is 11.3 Å². The molecule has 3 aromatic rings. The molecular formula is C26H24N2O5. The van der Waals surface area contributed by atoms with Crippen LogP contribution in [-0.2, 0) is 20.7 Å². The minimum absolute atomic E-state index is 0.0587. The predicted octanol–water partition coefficient (Wildman–Crippen LogP) is 4.18. The van der Waals surface area contributed by atoms with Gasteiger partial charge in [-0.15, -0.1) is 0 Å². The van der Waals surface area contributed by atoms with Crippen molar-refractivity contribution in [1.29, 1.82) is 0 Å². The van der Waals surface area contributed by atoms with Crippen molar-refractivity contribution in [2.24, 2.45) is 0 Å². The summed E-state index contributed by atoms with van der Waals surface area (Å²) < 4.78 is 5.48. The molecule has 168 valence electrons. The van der Waals surface area contributed by atoms with Crippen LogP contribution in [0.4, 0.5) is 10.5 Å². The molecule has 0 radical (unpaired) electrons. The molecule has 1 atom stereocenters. The van der Waals surface area contributed by atoms with E-state index in [4.69, 9.17) is 9.84 Å². The van der Waals surface area contributed by atoms with Crippen LogP contribution in [-0.4, -0.2) is 35.7 Å². The van der Waals surface area contributed by atoms with E-state index < -0.39 is 24.0 Å². The van der Waals surface area contributed by atoms with Crippen molar-refractivity contribution in [3.05, 3.63) is 89.5 Å². The van der Waals surface area contributed by atoms with Crippen molar-refractivity contribution in [3.8, 4) is 11.1 Å². The molecule has 33 heavy (non-hydrogen) atoms. The van der Waals surface area contributed by atoms with Crippen LogP contribution in [0.1, 0.15) is 29.5 Å². The molecule has 7 heteroatoms. The Bertz CT molecular complexity index is 1140. The number of carbonyl (C=O) groups excluding carboxylic acids is 2. The molecule has 0 unspecified atom stereocenters. The van der Waals surface area contributed by atoms with Crippen LogP contribution in [0.2, 0.25) is 0 Å². The van der Waals surface area contributed by atoms with Crippen LogP contribution in [0, 0.1) is 0 Å². The lowest BCUT2D eigenvalue weighted by Gasteiger charge is -2.17. The van der Waals surface area contributed by atoms with Gasteiger partial charge in [-0.1, -0.05) is 60.7 Å². The Morgan fingerprint density at radius 3 is 2.06 bits per heavy atom. The Labute approximate surface area is 191 Å². The molecule has 1 aliphatic carbocycles. The second-order valence-electron chi connectivity index (χ2n) is 7.95. The van der Waals surface area contributed by atoms with Gasteiger partial charge in [0.2, 0.25) is 5.91 Å². The largest absolute Gasteiger partial charge is 0.481 e. The SMILES string of the molecule is C[C@@H](NC(=O)OCC1c2ccccc2-c2ccccc21)C(=O)Nc1ccc(CC(=O)O)cc1. The summed E-state index contributed by atoms with van der Waals surface area (Å²) in [6, 6.07) is 21.8. The Morgan fingerprint density at radius 2 is 1.48 bits per heavy atom. The molecule has 0 aromatic heterocycles. The number of fused-ring (bicyclic) bond motifs is 3. The maximum atomic E-state index is 12.4. The smallest absolute Gasteiger partial charge is 0.407 e. The highest BCUT2D eigenvalue weighted by Gasteiger charge is 2.29. The second kappa shape index (κ2) is 9.56. The van der Waals surface area contributed by atoms with Gasteiger partial charge in [0, 0.05) is 11.6 Å². The summed E-state index contributed by atoms with van der Waals surface area (Å²) in [5.74, 6) is -1.39. The average Bonchev–Trinajstić information content (AvgIpc) is 3.12. The van der Waals surface area contributed by atoms with Gasteiger partial charge >= 0.3 is 12.1 Å². The number of rotatable bonds is 7. The fourth-order valence-electron chi connectivity index (χ4n) is 4.01. The highest BCUT2D eigenvalue weighted by atomic mass is 16.5. The zero-order chi connectivity index (χ0) is 23.4. The van der Waals surface area contributed by atoms with Gasteiger partial charge in [0.15, 0.2) is 0 Å². The van der Waals surface area contributed by atoms with Gasteiger partial charge in [0.05, 0.1) is 6.42 Å². The molecule has 1 aliphatic rings. The Balaban J connectivity index is 1.32. The molecule has 0 aliphatic heterocycles. The van der Waals surface area contributed by atoms with Gasteiger partial charge in [-0.25, -0.2) is 4.79 Å². The Hall–Kier alpha value is -4.13. The molecule has 7 nitrogen and oxygen atoms in total. The van der Waals surface area contributed by atoms with Crippen molar-refractivity contribution in [2.75, 3.05) is 11.9 Å². The van der Waals surface area contributed by atoms with Crippen LogP contribution in [0.15, 0.2) is 72.8 Å². The van der Waals surface area contributed by atoms with Gasteiger partial charge in [-0.3, -0.25) is 9.59 Å². The first kappa shape index (κ1) is 22.1. The summed E-state index contributed by atoms with van der Waals surface area (Å²) in [4.78, 5) is 35.6. The first-order chi connectivity index (χ1) is 15.9. The number of alkyl carbamates (subject to hydrolysis) is 1. The zero-order valence-corrected chi connectivity index (χ0v) is 18.1.